The molecule has 1 aliphatic heterocycles. The summed E-state index contributed by atoms with van der Waals surface area (Å²) in [7, 11) is -2.39. The summed E-state index contributed by atoms with van der Waals surface area (Å²) in [6, 6.07) is 17.2. The zero-order chi connectivity index (χ0) is 21.8. The number of aromatic nitrogens is 2. The van der Waals surface area contributed by atoms with E-state index < -0.39 is 15.8 Å². The first-order valence-electron chi connectivity index (χ1n) is 9.27. The Morgan fingerprint density at radius 2 is 1.71 bits per heavy atom. The summed E-state index contributed by atoms with van der Waals surface area (Å²) < 4.78 is 34.2. The maximum atomic E-state index is 12.9. The molecule has 9 heteroatoms. The Balaban J connectivity index is 1.55. The van der Waals surface area contributed by atoms with Crippen LogP contribution in [0.5, 0.6) is 5.75 Å². The van der Waals surface area contributed by atoms with E-state index >= 15 is 0 Å². The zero-order valence-corrected chi connectivity index (χ0v) is 17.0. The molecule has 31 heavy (non-hydrogen) atoms. The number of para-hydroxylation sites is 1. The van der Waals surface area contributed by atoms with Gasteiger partial charge in [-0.2, -0.15) is 0 Å². The molecule has 1 aromatic heterocycles. The number of nitrogens with one attached hydrogen (secondary N) is 1. The number of carbonyl (C=O) groups excluding carboxylic acids is 1. The topological polar surface area (TPSA) is 107 Å². The number of nitrogens with zero attached hydrogens (tertiary/aromatic N) is 2. The molecule has 0 radical (unpaired) electrons. The predicted molar refractivity (Wildman–Crippen MR) is 115 cm³/mol. The second-order valence-corrected chi connectivity index (χ2v) is 8.62. The first kappa shape index (κ1) is 19.0. The van der Waals surface area contributed by atoms with Gasteiger partial charge in [-0.15, -0.1) is 0 Å². The summed E-state index contributed by atoms with van der Waals surface area (Å²) in [5.74, 6) is 0.0994. The van der Waals surface area contributed by atoms with Crippen molar-refractivity contribution in [3.05, 3.63) is 88.5 Å². The Morgan fingerprint density at radius 3 is 2.45 bits per heavy atom. The Bertz CT molecular complexity index is 1540. The summed E-state index contributed by atoms with van der Waals surface area (Å²) in [5, 5.41) is 0.399. The van der Waals surface area contributed by atoms with Crippen LogP contribution in [0.15, 0.2) is 76.4 Å². The van der Waals surface area contributed by atoms with Crippen LogP contribution in [0.4, 0.5) is 5.69 Å². The molecule has 0 unspecified atom stereocenters. The summed E-state index contributed by atoms with van der Waals surface area (Å²) in [4.78, 5) is 30.2. The van der Waals surface area contributed by atoms with Crippen LogP contribution in [0.2, 0.25) is 0 Å². The Morgan fingerprint density at radius 1 is 0.968 bits per heavy atom. The van der Waals surface area contributed by atoms with E-state index in [0.29, 0.717) is 22.3 Å². The highest BCUT2D eigenvalue weighted by atomic mass is 32.2. The molecule has 0 amide bonds. The fourth-order valence-electron chi connectivity index (χ4n) is 3.57. The first-order valence-corrected chi connectivity index (χ1v) is 10.8. The zero-order valence-electron chi connectivity index (χ0n) is 16.2. The molecule has 4 aromatic rings. The fraction of sp³-hybridized carbons (Fsp3) is 0.0455. The quantitative estimate of drug-likeness (QED) is 0.467. The van der Waals surface area contributed by atoms with Crippen molar-refractivity contribution in [3.63, 3.8) is 0 Å². The van der Waals surface area contributed by atoms with Crippen molar-refractivity contribution in [2.45, 2.75) is 4.90 Å². The maximum Gasteiger partial charge on any atom is 0.266 e. The van der Waals surface area contributed by atoms with E-state index in [2.05, 4.69) is 9.71 Å². The smallest absolute Gasteiger partial charge is 0.266 e. The number of rotatable bonds is 4. The highest BCUT2D eigenvalue weighted by Gasteiger charge is 2.31. The number of carbonyl (C=O) groups is 1. The van der Waals surface area contributed by atoms with Gasteiger partial charge < -0.3 is 4.74 Å². The van der Waals surface area contributed by atoms with Gasteiger partial charge in [0, 0.05) is 5.69 Å². The van der Waals surface area contributed by atoms with Gasteiger partial charge in [-0.05, 0) is 54.6 Å². The van der Waals surface area contributed by atoms with Crippen molar-refractivity contribution in [2.24, 2.45) is 0 Å². The lowest BCUT2D eigenvalue weighted by atomic mass is 10.1. The lowest BCUT2D eigenvalue weighted by molar-refractivity contribution is 0.103. The number of hydrogen-bond donors (Lipinski definition) is 1. The van der Waals surface area contributed by atoms with Gasteiger partial charge in [-0.3, -0.25) is 18.9 Å². The molecule has 0 fully saturated rings. The number of fused-ring (bicyclic) bond motifs is 4. The second kappa shape index (κ2) is 6.78. The fourth-order valence-corrected chi connectivity index (χ4v) is 4.62. The molecule has 0 saturated carbocycles. The lowest BCUT2D eigenvalue weighted by Crippen LogP contribution is -2.21. The van der Waals surface area contributed by atoms with Gasteiger partial charge in [-0.1, -0.05) is 12.1 Å². The summed E-state index contributed by atoms with van der Waals surface area (Å²) in [6.07, 6.45) is 0. The summed E-state index contributed by atoms with van der Waals surface area (Å²) in [6.45, 7) is 0. The van der Waals surface area contributed by atoms with Crippen LogP contribution < -0.4 is 15.0 Å². The monoisotopic (exact) mass is 433 g/mol. The van der Waals surface area contributed by atoms with Crippen LogP contribution >= 0.6 is 0 Å². The van der Waals surface area contributed by atoms with E-state index in [1.807, 2.05) is 0 Å². The molecule has 0 atom stereocenters. The molecule has 2 heterocycles. The number of methoxy groups -OCH3 is 1. The van der Waals surface area contributed by atoms with Gasteiger partial charge in [0.25, 0.3) is 15.6 Å². The largest absolute Gasteiger partial charge is 0.497 e. The molecule has 154 valence electrons. The molecule has 0 aliphatic carbocycles. The van der Waals surface area contributed by atoms with Crippen LogP contribution in [-0.4, -0.2) is 30.9 Å². The third kappa shape index (κ3) is 2.98. The van der Waals surface area contributed by atoms with Crippen LogP contribution in [0, 0.1) is 0 Å². The van der Waals surface area contributed by atoms with E-state index in [-0.39, 0.29) is 27.5 Å². The van der Waals surface area contributed by atoms with Gasteiger partial charge in [0.05, 0.1) is 34.2 Å². The van der Waals surface area contributed by atoms with Gasteiger partial charge >= 0.3 is 0 Å². The molecular weight excluding hydrogens is 418 g/mol. The van der Waals surface area contributed by atoms with Gasteiger partial charge in [0.2, 0.25) is 5.78 Å². The molecule has 3 aromatic carbocycles. The summed E-state index contributed by atoms with van der Waals surface area (Å²) in [5.41, 5.74) is 0.860. The molecule has 8 nitrogen and oxygen atoms in total. The van der Waals surface area contributed by atoms with Gasteiger partial charge in [0.15, 0.2) is 5.82 Å². The SMILES string of the molecule is COc1ccc(S(=O)(=O)Nc2ccc3c(c2)C(=O)c2nc4ccccc4c(=O)n2-3)cc1. The minimum absolute atomic E-state index is 0.00821. The van der Waals surface area contributed by atoms with Crippen molar-refractivity contribution >= 4 is 32.4 Å². The molecule has 1 N–H and O–H groups in total. The average molecular weight is 433 g/mol. The van der Waals surface area contributed by atoms with E-state index in [0.717, 1.165) is 0 Å². The van der Waals surface area contributed by atoms with Crippen LogP contribution in [-0.2, 0) is 10.0 Å². The molecule has 0 saturated heterocycles. The third-order valence-electron chi connectivity index (χ3n) is 5.08. The van der Waals surface area contributed by atoms with E-state index in [1.54, 1.807) is 36.4 Å². The highest BCUT2D eigenvalue weighted by Crippen LogP contribution is 2.29. The predicted octanol–water partition coefficient (Wildman–Crippen LogP) is 2.74. The number of sulfonamides is 1. The number of ether oxygens (including phenoxy) is 1. The molecule has 0 spiro atoms. The number of hydrogen-bond acceptors (Lipinski definition) is 6. The Kier molecular flexibility index (Phi) is 4.16. The van der Waals surface area contributed by atoms with Crippen molar-refractivity contribution in [1.82, 2.24) is 9.55 Å². The minimum atomic E-state index is -3.88. The lowest BCUT2D eigenvalue weighted by Gasteiger charge is -2.10. The van der Waals surface area contributed by atoms with Crippen molar-refractivity contribution < 1.29 is 17.9 Å². The number of anilines is 1. The molecule has 5 rings (SSSR count). The first-order chi connectivity index (χ1) is 14.9. The van der Waals surface area contributed by atoms with Crippen molar-refractivity contribution in [3.8, 4) is 11.4 Å². The van der Waals surface area contributed by atoms with Crippen LogP contribution in [0.25, 0.3) is 16.6 Å². The Hall–Kier alpha value is -3.98. The third-order valence-corrected chi connectivity index (χ3v) is 6.48. The number of benzene rings is 3. The maximum absolute atomic E-state index is 12.9. The average Bonchev–Trinajstić information content (AvgIpc) is 3.05. The van der Waals surface area contributed by atoms with Gasteiger partial charge in [-0.25, -0.2) is 13.4 Å². The van der Waals surface area contributed by atoms with Crippen LogP contribution in [0.3, 0.4) is 0 Å². The van der Waals surface area contributed by atoms with Crippen molar-refractivity contribution in [1.29, 1.82) is 0 Å². The van der Waals surface area contributed by atoms with Crippen molar-refractivity contribution in [2.75, 3.05) is 11.8 Å². The van der Waals surface area contributed by atoms with Crippen LogP contribution in [0.1, 0.15) is 16.2 Å². The molecular formula is C22H15N3O5S. The molecule has 1 aliphatic rings. The Labute approximate surface area is 176 Å². The van der Waals surface area contributed by atoms with E-state index in [1.165, 1.54) is 42.0 Å². The second-order valence-electron chi connectivity index (χ2n) is 6.94. The standard InChI is InChI=1S/C22H15N3O5S/c1-30-14-7-9-15(10-8-14)31(28,29)24-13-6-11-19-17(12-13)20(26)21-23-18-5-3-2-4-16(18)22(27)25(19)21/h2-12,24H,1H3. The van der Waals surface area contributed by atoms with Gasteiger partial charge in [0.1, 0.15) is 5.75 Å². The number of ketones is 1. The minimum Gasteiger partial charge on any atom is -0.497 e. The normalized spacial score (nSPS) is 12.5. The highest BCUT2D eigenvalue weighted by molar-refractivity contribution is 7.92. The summed E-state index contributed by atoms with van der Waals surface area (Å²) >= 11 is 0. The molecule has 0 bridgehead atoms. The van der Waals surface area contributed by atoms with E-state index in [9.17, 15) is 18.0 Å². The van der Waals surface area contributed by atoms with E-state index in [4.69, 9.17) is 4.74 Å².